The molecule has 1 unspecified atom stereocenters. The molecule has 32 heavy (non-hydrogen) atoms. The lowest BCUT2D eigenvalue weighted by Gasteiger charge is -2.17. The van der Waals surface area contributed by atoms with E-state index in [9.17, 15) is 28.1 Å². The third kappa shape index (κ3) is 5.89. The van der Waals surface area contributed by atoms with Crippen LogP contribution >= 0.6 is 0 Å². The minimum Gasteiger partial charge on any atom is -0.354 e. The van der Waals surface area contributed by atoms with Crippen molar-refractivity contribution in [2.24, 2.45) is 5.92 Å². The van der Waals surface area contributed by atoms with Crippen molar-refractivity contribution in [3.63, 3.8) is 0 Å². The van der Waals surface area contributed by atoms with E-state index < -0.39 is 20.9 Å². The second-order valence-electron chi connectivity index (χ2n) is 7.60. The first kappa shape index (κ1) is 23.4. The standard InChI is InChI=1S/C21H24N4O6S/c1-15-5-7-16(8-6-15)13-24-14-17(11-20(24)26)21(27)22-9-10-23-32(30,31)19-4-2-3-18(12-19)25(28)29/h2-8,12,17,23H,9-11,13-14H2,1H3,(H,22,27). The second kappa shape index (κ2) is 9.88. The molecule has 2 N–H and O–H groups in total. The molecule has 0 aliphatic carbocycles. The van der Waals surface area contributed by atoms with Crippen molar-refractivity contribution < 1.29 is 22.9 Å². The first-order valence-corrected chi connectivity index (χ1v) is 11.5. The molecule has 3 rings (SSSR count). The van der Waals surface area contributed by atoms with Crippen molar-refractivity contribution in [2.45, 2.75) is 24.8 Å². The molecule has 0 bridgehead atoms. The summed E-state index contributed by atoms with van der Waals surface area (Å²) in [7, 11) is -3.96. The number of hydrogen-bond donors (Lipinski definition) is 2. The number of rotatable bonds is 9. The maximum Gasteiger partial charge on any atom is 0.270 e. The lowest BCUT2D eigenvalue weighted by Crippen LogP contribution is -2.38. The van der Waals surface area contributed by atoms with Crippen LogP contribution in [0.1, 0.15) is 17.5 Å². The first-order chi connectivity index (χ1) is 15.2. The van der Waals surface area contributed by atoms with Gasteiger partial charge in [0.05, 0.1) is 15.7 Å². The fourth-order valence-electron chi connectivity index (χ4n) is 3.38. The third-order valence-corrected chi connectivity index (χ3v) is 6.59. The molecule has 2 aromatic rings. The molecular weight excluding hydrogens is 436 g/mol. The second-order valence-corrected chi connectivity index (χ2v) is 9.37. The van der Waals surface area contributed by atoms with E-state index in [0.29, 0.717) is 13.1 Å². The predicted octanol–water partition coefficient (Wildman–Crippen LogP) is 1.35. The van der Waals surface area contributed by atoms with Gasteiger partial charge in [-0.25, -0.2) is 13.1 Å². The summed E-state index contributed by atoms with van der Waals surface area (Å²) in [5, 5.41) is 13.5. The van der Waals surface area contributed by atoms with Crippen LogP contribution in [0.15, 0.2) is 53.4 Å². The lowest BCUT2D eigenvalue weighted by molar-refractivity contribution is -0.385. The Kier molecular flexibility index (Phi) is 7.21. The number of nitro groups is 1. The van der Waals surface area contributed by atoms with Crippen LogP contribution in [0.5, 0.6) is 0 Å². The summed E-state index contributed by atoms with van der Waals surface area (Å²) in [5.41, 5.74) is 1.78. The molecule has 1 fully saturated rings. The van der Waals surface area contributed by atoms with Gasteiger partial charge in [0.15, 0.2) is 0 Å². The van der Waals surface area contributed by atoms with Crippen molar-refractivity contribution in [3.8, 4) is 0 Å². The Balaban J connectivity index is 1.46. The van der Waals surface area contributed by atoms with Gasteiger partial charge in [-0.05, 0) is 18.6 Å². The summed E-state index contributed by atoms with van der Waals surface area (Å²) in [6.07, 6.45) is 0.108. The van der Waals surface area contributed by atoms with E-state index >= 15 is 0 Å². The average Bonchev–Trinajstić information content (AvgIpc) is 3.13. The van der Waals surface area contributed by atoms with E-state index in [4.69, 9.17) is 0 Å². The maximum atomic E-state index is 12.4. The predicted molar refractivity (Wildman–Crippen MR) is 116 cm³/mol. The van der Waals surface area contributed by atoms with E-state index in [1.807, 2.05) is 31.2 Å². The summed E-state index contributed by atoms with van der Waals surface area (Å²) in [6, 6.07) is 12.5. The maximum absolute atomic E-state index is 12.4. The van der Waals surface area contributed by atoms with Crippen LogP contribution in [0.4, 0.5) is 5.69 Å². The van der Waals surface area contributed by atoms with Crippen LogP contribution in [0.25, 0.3) is 0 Å². The van der Waals surface area contributed by atoms with E-state index in [0.717, 1.165) is 17.2 Å². The van der Waals surface area contributed by atoms with E-state index in [1.165, 1.54) is 18.2 Å². The Morgan fingerprint density at radius 2 is 1.91 bits per heavy atom. The third-order valence-electron chi connectivity index (χ3n) is 5.13. The number of nitro benzene ring substituents is 1. The number of nitrogens with zero attached hydrogens (tertiary/aromatic N) is 2. The Hall–Kier alpha value is -3.31. The number of carbonyl (C=O) groups is 2. The SMILES string of the molecule is Cc1ccc(CN2CC(C(=O)NCCNS(=O)(=O)c3cccc([N+](=O)[O-])c3)CC2=O)cc1. The minimum atomic E-state index is -3.96. The van der Waals surface area contributed by atoms with Crippen molar-refractivity contribution in [1.29, 1.82) is 0 Å². The quantitative estimate of drug-likeness (QED) is 0.329. The van der Waals surface area contributed by atoms with Crippen molar-refractivity contribution >= 4 is 27.5 Å². The number of benzene rings is 2. The molecule has 1 saturated heterocycles. The zero-order valence-corrected chi connectivity index (χ0v) is 18.3. The lowest BCUT2D eigenvalue weighted by atomic mass is 10.1. The van der Waals surface area contributed by atoms with E-state index in [-0.39, 0.29) is 41.9 Å². The Bertz CT molecular complexity index is 1120. The zero-order chi connectivity index (χ0) is 23.3. The molecule has 11 heteroatoms. The molecule has 1 aliphatic heterocycles. The van der Waals surface area contributed by atoms with Crippen LogP contribution in [0.3, 0.4) is 0 Å². The first-order valence-electron chi connectivity index (χ1n) is 10.0. The highest BCUT2D eigenvalue weighted by molar-refractivity contribution is 7.89. The fraction of sp³-hybridized carbons (Fsp3) is 0.333. The van der Waals surface area contributed by atoms with Crippen molar-refractivity contribution in [2.75, 3.05) is 19.6 Å². The van der Waals surface area contributed by atoms with Crippen molar-refractivity contribution in [3.05, 3.63) is 69.8 Å². The highest BCUT2D eigenvalue weighted by atomic mass is 32.2. The summed E-state index contributed by atoms with van der Waals surface area (Å²) >= 11 is 0. The molecule has 10 nitrogen and oxygen atoms in total. The molecule has 2 amide bonds. The number of sulfonamides is 1. The summed E-state index contributed by atoms with van der Waals surface area (Å²) in [5.74, 6) is -0.919. The van der Waals surface area contributed by atoms with Gasteiger partial charge in [-0.3, -0.25) is 19.7 Å². The fourth-order valence-corrected chi connectivity index (χ4v) is 4.45. The van der Waals surface area contributed by atoms with Gasteiger partial charge in [0, 0.05) is 44.7 Å². The highest BCUT2D eigenvalue weighted by Crippen LogP contribution is 2.21. The summed E-state index contributed by atoms with van der Waals surface area (Å²) < 4.78 is 26.9. The van der Waals surface area contributed by atoms with Crippen LogP contribution in [-0.4, -0.2) is 49.7 Å². The summed E-state index contributed by atoms with van der Waals surface area (Å²) in [4.78, 5) is 36.2. The Labute approximate surface area is 185 Å². The molecule has 1 aliphatic rings. The Morgan fingerprint density at radius 3 is 2.59 bits per heavy atom. The average molecular weight is 461 g/mol. The molecule has 1 heterocycles. The molecule has 0 saturated carbocycles. The van der Waals surface area contributed by atoms with Crippen LogP contribution in [0, 0.1) is 23.0 Å². The van der Waals surface area contributed by atoms with Crippen LogP contribution < -0.4 is 10.0 Å². The number of non-ortho nitro benzene ring substituents is 1. The molecule has 170 valence electrons. The minimum absolute atomic E-state index is 0.0235. The van der Waals surface area contributed by atoms with Gasteiger partial charge in [-0.1, -0.05) is 35.9 Å². The highest BCUT2D eigenvalue weighted by Gasteiger charge is 2.34. The number of nitrogens with one attached hydrogen (secondary N) is 2. The van der Waals surface area contributed by atoms with Gasteiger partial charge in [0.2, 0.25) is 21.8 Å². The van der Waals surface area contributed by atoms with E-state index in [2.05, 4.69) is 10.0 Å². The Morgan fingerprint density at radius 1 is 1.19 bits per heavy atom. The van der Waals surface area contributed by atoms with Gasteiger partial charge in [-0.2, -0.15) is 0 Å². The monoisotopic (exact) mass is 460 g/mol. The number of likely N-dealkylation sites (tertiary alicyclic amines) is 1. The van der Waals surface area contributed by atoms with Gasteiger partial charge < -0.3 is 10.2 Å². The van der Waals surface area contributed by atoms with E-state index in [1.54, 1.807) is 4.90 Å². The molecule has 2 aromatic carbocycles. The molecule has 0 radical (unpaired) electrons. The largest absolute Gasteiger partial charge is 0.354 e. The van der Waals surface area contributed by atoms with Crippen molar-refractivity contribution in [1.82, 2.24) is 14.9 Å². The van der Waals surface area contributed by atoms with Crippen LogP contribution in [-0.2, 0) is 26.2 Å². The number of carbonyl (C=O) groups excluding carboxylic acids is 2. The van der Waals surface area contributed by atoms with Gasteiger partial charge in [-0.15, -0.1) is 0 Å². The van der Waals surface area contributed by atoms with Gasteiger partial charge >= 0.3 is 0 Å². The molecule has 1 atom stereocenters. The zero-order valence-electron chi connectivity index (χ0n) is 17.5. The molecular formula is C21H24N4O6S. The van der Waals surface area contributed by atoms with Gasteiger partial charge in [0.1, 0.15) is 0 Å². The number of amides is 2. The topological polar surface area (TPSA) is 139 Å². The molecule has 0 aromatic heterocycles. The normalized spacial score (nSPS) is 16.2. The van der Waals surface area contributed by atoms with Gasteiger partial charge in [0.25, 0.3) is 5.69 Å². The molecule has 0 spiro atoms. The number of hydrogen-bond acceptors (Lipinski definition) is 6. The smallest absolute Gasteiger partial charge is 0.270 e. The number of aryl methyl sites for hydroxylation is 1. The summed E-state index contributed by atoms with van der Waals surface area (Å²) in [6.45, 7) is 2.65. The van der Waals surface area contributed by atoms with Crippen LogP contribution in [0.2, 0.25) is 0 Å².